The number of morpholine rings is 1. The standard InChI is InChI=1S/C12H19N3O3/c1-8-6-14-12(18-8)9(2)15-11(16)5-10-7-17-4-3-13-10/h6,9-10,13H,3-5,7H2,1-2H3,(H,15,16). The minimum absolute atomic E-state index is 0.0265. The van der Waals surface area contributed by atoms with E-state index in [1.807, 2.05) is 13.8 Å². The molecule has 2 N–H and O–H groups in total. The molecule has 6 nitrogen and oxygen atoms in total. The number of hydrogen-bond donors (Lipinski definition) is 2. The summed E-state index contributed by atoms with van der Waals surface area (Å²) in [7, 11) is 0. The van der Waals surface area contributed by atoms with Crippen molar-refractivity contribution in [3.8, 4) is 0 Å². The van der Waals surface area contributed by atoms with Gasteiger partial charge < -0.3 is 19.8 Å². The van der Waals surface area contributed by atoms with Gasteiger partial charge in [0.15, 0.2) is 0 Å². The van der Waals surface area contributed by atoms with E-state index < -0.39 is 0 Å². The van der Waals surface area contributed by atoms with Crippen LogP contribution >= 0.6 is 0 Å². The van der Waals surface area contributed by atoms with Gasteiger partial charge in [0.25, 0.3) is 0 Å². The Bertz CT molecular complexity index is 399. The Kier molecular flexibility index (Phi) is 4.33. The number of amides is 1. The van der Waals surface area contributed by atoms with Gasteiger partial charge in [0, 0.05) is 19.0 Å². The predicted octanol–water partition coefficient (Wildman–Crippen LogP) is 0.539. The molecule has 0 radical (unpaired) electrons. The smallest absolute Gasteiger partial charge is 0.222 e. The lowest BCUT2D eigenvalue weighted by atomic mass is 10.2. The van der Waals surface area contributed by atoms with Crippen molar-refractivity contribution in [3.05, 3.63) is 17.8 Å². The van der Waals surface area contributed by atoms with E-state index in [9.17, 15) is 4.79 Å². The van der Waals surface area contributed by atoms with Crippen LogP contribution in [-0.2, 0) is 9.53 Å². The van der Waals surface area contributed by atoms with Crippen LogP contribution in [0.15, 0.2) is 10.6 Å². The third-order valence-electron chi connectivity index (χ3n) is 2.82. The Morgan fingerprint density at radius 3 is 3.17 bits per heavy atom. The van der Waals surface area contributed by atoms with Crippen molar-refractivity contribution < 1.29 is 13.9 Å². The Morgan fingerprint density at radius 1 is 1.72 bits per heavy atom. The Labute approximate surface area is 106 Å². The zero-order chi connectivity index (χ0) is 13.0. The summed E-state index contributed by atoms with van der Waals surface area (Å²) in [5.74, 6) is 1.25. The summed E-state index contributed by atoms with van der Waals surface area (Å²) in [5, 5.41) is 6.11. The molecule has 2 unspecified atom stereocenters. The van der Waals surface area contributed by atoms with Gasteiger partial charge in [0.05, 0.1) is 19.4 Å². The van der Waals surface area contributed by atoms with Crippen molar-refractivity contribution in [2.24, 2.45) is 0 Å². The highest BCUT2D eigenvalue weighted by Gasteiger charge is 2.19. The van der Waals surface area contributed by atoms with Crippen LogP contribution in [0.4, 0.5) is 0 Å². The van der Waals surface area contributed by atoms with E-state index in [-0.39, 0.29) is 18.0 Å². The molecule has 1 aromatic rings. The monoisotopic (exact) mass is 253 g/mol. The molecular weight excluding hydrogens is 234 g/mol. The molecule has 18 heavy (non-hydrogen) atoms. The van der Waals surface area contributed by atoms with Crippen LogP contribution in [0.5, 0.6) is 0 Å². The molecule has 0 bridgehead atoms. The number of carbonyl (C=O) groups is 1. The fraction of sp³-hybridized carbons (Fsp3) is 0.667. The highest BCUT2D eigenvalue weighted by molar-refractivity contribution is 5.76. The molecule has 1 fully saturated rings. The van der Waals surface area contributed by atoms with Crippen molar-refractivity contribution >= 4 is 5.91 Å². The number of rotatable bonds is 4. The fourth-order valence-corrected chi connectivity index (χ4v) is 1.91. The number of oxazole rings is 1. The minimum atomic E-state index is -0.212. The number of nitrogens with one attached hydrogen (secondary N) is 2. The molecule has 1 amide bonds. The van der Waals surface area contributed by atoms with E-state index in [0.717, 1.165) is 12.3 Å². The summed E-state index contributed by atoms with van der Waals surface area (Å²) in [6, 6.07) is -0.118. The van der Waals surface area contributed by atoms with Gasteiger partial charge in [-0.2, -0.15) is 0 Å². The number of ether oxygens (including phenoxy) is 1. The third-order valence-corrected chi connectivity index (χ3v) is 2.82. The molecule has 1 aliphatic heterocycles. The first-order valence-electron chi connectivity index (χ1n) is 6.18. The maximum atomic E-state index is 11.8. The van der Waals surface area contributed by atoms with Gasteiger partial charge in [0.2, 0.25) is 11.8 Å². The van der Waals surface area contributed by atoms with Crippen LogP contribution in [-0.4, -0.2) is 36.7 Å². The van der Waals surface area contributed by atoms with Crippen LogP contribution in [0, 0.1) is 6.92 Å². The second-order valence-electron chi connectivity index (χ2n) is 4.53. The van der Waals surface area contributed by atoms with Gasteiger partial charge in [-0.1, -0.05) is 0 Å². The lowest BCUT2D eigenvalue weighted by molar-refractivity contribution is -0.123. The van der Waals surface area contributed by atoms with Gasteiger partial charge in [0.1, 0.15) is 11.8 Å². The zero-order valence-electron chi connectivity index (χ0n) is 10.7. The van der Waals surface area contributed by atoms with Crippen molar-refractivity contribution in [1.29, 1.82) is 0 Å². The molecule has 0 spiro atoms. The van der Waals surface area contributed by atoms with E-state index in [2.05, 4.69) is 15.6 Å². The van der Waals surface area contributed by atoms with Gasteiger partial charge in [-0.15, -0.1) is 0 Å². The third kappa shape index (κ3) is 3.54. The molecule has 1 aliphatic rings. The molecule has 0 aromatic carbocycles. The molecular formula is C12H19N3O3. The number of aromatic nitrogens is 1. The van der Waals surface area contributed by atoms with Gasteiger partial charge >= 0.3 is 0 Å². The first-order valence-corrected chi connectivity index (χ1v) is 6.18. The average Bonchev–Trinajstić information content (AvgIpc) is 2.77. The Balaban J connectivity index is 1.79. The number of carbonyl (C=O) groups excluding carboxylic acids is 1. The highest BCUT2D eigenvalue weighted by atomic mass is 16.5. The van der Waals surface area contributed by atoms with Gasteiger partial charge in [-0.05, 0) is 13.8 Å². The summed E-state index contributed by atoms with van der Waals surface area (Å²) >= 11 is 0. The van der Waals surface area contributed by atoms with Crippen LogP contribution < -0.4 is 10.6 Å². The highest BCUT2D eigenvalue weighted by Crippen LogP contribution is 2.12. The number of aryl methyl sites for hydroxylation is 1. The van der Waals surface area contributed by atoms with Crippen molar-refractivity contribution in [3.63, 3.8) is 0 Å². The summed E-state index contributed by atoms with van der Waals surface area (Å²) in [6.07, 6.45) is 2.05. The molecule has 2 rings (SSSR count). The van der Waals surface area contributed by atoms with Gasteiger partial charge in [-0.25, -0.2) is 4.98 Å². The molecule has 1 saturated heterocycles. The minimum Gasteiger partial charge on any atom is -0.444 e. The van der Waals surface area contributed by atoms with Crippen molar-refractivity contribution in [1.82, 2.24) is 15.6 Å². The van der Waals surface area contributed by atoms with Gasteiger partial charge in [-0.3, -0.25) is 4.79 Å². The second-order valence-corrected chi connectivity index (χ2v) is 4.53. The lowest BCUT2D eigenvalue weighted by Crippen LogP contribution is -2.44. The largest absolute Gasteiger partial charge is 0.444 e. The SMILES string of the molecule is Cc1cnc(C(C)NC(=O)CC2COCCN2)o1. The molecule has 100 valence electrons. The Hall–Kier alpha value is -1.40. The zero-order valence-corrected chi connectivity index (χ0v) is 10.7. The Morgan fingerprint density at radius 2 is 2.56 bits per heavy atom. The van der Waals surface area contributed by atoms with Crippen LogP contribution in [0.3, 0.4) is 0 Å². The quantitative estimate of drug-likeness (QED) is 0.819. The van der Waals surface area contributed by atoms with Crippen LogP contribution in [0.2, 0.25) is 0 Å². The molecule has 2 heterocycles. The molecule has 6 heteroatoms. The first-order chi connectivity index (χ1) is 8.65. The predicted molar refractivity (Wildman–Crippen MR) is 65.0 cm³/mol. The van der Waals surface area contributed by atoms with E-state index in [1.165, 1.54) is 0 Å². The normalized spacial score (nSPS) is 21.6. The number of nitrogens with zero attached hydrogens (tertiary/aromatic N) is 1. The second kappa shape index (κ2) is 5.97. The number of hydrogen-bond acceptors (Lipinski definition) is 5. The topological polar surface area (TPSA) is 76.4 Å². The summed E-state index contributed by atoms with van der Waals surface area (Å²) in [6.45, 7) is 5.78. The summed E-state index contributed by atoms with van der Waals surface area (Å²) in [5.41, 5.74) is 0. The van der Waals surface area contributed by atoms with Crippen LogP contribution in [0.1, 0.15) is 31.0 Å². The fourth-order valence-electron chi connectivity index (χ4n) is 1.91. The molecule has 0 saturated carbocycles. The summed E-state index contributed by atoms with van der Waals surface area (Å²) < 4.78 is 10.7. The van der Waals surface area contributed by atoms with Crippen molar-refractivity contribution in [2.45, 2.75) is 32.4 Å². The maximum Gasteiger partial charge on any atom is 0.222 e. The maximum absolute atomic E-state index is 11.8. The van der Waals surface area contributed by atoms with E-state index in [4.69, 9.17) is 9.15 Å². The van der Waals surface area contributed by atoms with E-state index >= 15 is 0 Å². The van der Waals surface area contributed by atoms with Crippen molar-refractivity contribution in [2.75, 3.05) is 19.8 Å². The summed E-state index contributed by atoms with van der Waals surface area (Å²) in [4.78, 5) is 15.9. The van der Waals surface area contributed by atoms with E-state index in [0.29, 0.717) is 25.5 Å². The molecule has 0 aliphatic carbocycles. The molecule has 2 atom stereocenters. The van der Waals surface area contributed by atoms with Crippen LogP contribution in [0.25, 0.3) is 0 Å². The molecule has 1 aromatic heterocycles. The average molecular weight is 253 g/mol. The van der Waals surface area contributed by atoms with E-state index in [1.54, 1.807) is 6.20 Å². The lowest BCUT2D eigenvalue weighted by Gasteiger charge is -2.23. The first kappa shape index (κ1) is 13.0.